The van der Waals surface area contributed by atoms with Crippen LogP contribution in [0.15, 0.2) is 76.8 Å². The molecule has 9 heteroatoms. The summed E-state index contributed by atoms with van der Waals surface area (Å²) in [6.07, 6.45) is 3.10. The maximum absolute atomic E-state index is 12.5. The number of methoxy groups -OCH3 is 1. The molecular formula is C27H26BrClN2O5. The topological polar surface area (TPSA) is 78.4 Å². The van der Waals surface area contributed by atoms with Crippen molar-refractivity contribution in [3.63, 3.8) is 0 Å². The van der Waals surface area contributed by atoms with Gasteiger partial charge in [-0.15, -0.1) is 0 Å². The third-order valence-electron chi connectivity index (χ3n) is 4.79. The third kappa shape index (κ3) is 7.50. The Morgan fingerprint density at radius 2 is 1.83 bits per heavy atom. The number of nitrogens with one attached hydrogen (secondary N) is 1. The first-order chi connectivity index (χ1) is 17.4. The fourth-order valence-electron chi connectivity index (χ4n) is 3.11. The predicted molar refractivity (Wildman–Crippen MR) is 145 cm³/mol. The Hall–Kier alpha value is -3.49. The van der Waals surface area contributed by atoms with E-state index in [-0.39, 0.29) is 0 Å². The number of rotatable bonds is 12. The second-order valence-electron chi connectivity index (χ2n) is 7.34. The zero-order valence-electron chi connectivity index (χ0n) is 19.9. The van der Waals surface area contributed by atoms with Crippen molar-refractivity contribution in [2.45, 2.75) is 13.5 Å². The number of halogens is 2. The van der Waals surface area contributed by atoms with E-state index in [9.17, 15) is 4.79 Å². The number of nitrogens with zero attached hydrogens (tertiary/aromatic N) is 1. The summed E-state index contributed by atoms with van der Waals surface area (Å²) >= 11 is 9.91. The van der Waals surface area contributed by atoms with E-state index < -0.39 is 5.91 Å². The molecule has 3 rings (SSSR count). The van der Waals surface area contributed by atoms with Gasteiger partial charge >= 0.3 is 0 Å². The molecule has 0 aromatic heterocycles. The van der Waals surface area contributed by atoms with Crippen molar-refractivity contribution >= 4 is 39.7 Å². The molecule has 3 aromatic rings. The first-order valence-corrected chi connectivity index (χ1v) is 12.2. The fourth-order valence-corrected chi connectivity index (χ4v) is 3.65. The SMILES string of the molecule is C=CCOc1ccc(C(=O)N/N=C/c2cc(Cl)c(OCc3ccc(Br)cc3)c(OCC)c2)cc1OC. The molecular weight excluding hydrogens is 548 g/mol. The number of carbonyl (C=O) groups excluding carboxylic acids is 1. The molecule has 7 nitrogen and oxygen atoms in total. The van der Waals surface area contributed by atoms with E-state index in [2.05, 4.69) is 33.0 Å². The lowest BCUT2D eigenvalue weighted by Gasteiger charge is -2.14. The van der Waals surface area contributed by atoms with Gasteiger partial charge in [0.1, 0.15) is 13.2 Å². The molecule has 0 saturated carbocycles. The monoisotopic (exact) mass is 572 g/mol. The largest absolute Gasteiger partial charge is 0.493 e. The van der Waals surface area contributed by atoms with E-state index in [0.29, 0.717) is 59.0 Å². The van der Waals surface area contributed by atoms with Crippen molar-refractivity contribution in [1.29, 1.82) is 0 Å². The highest BCUT2D eigenvalue weighted by atomic mass is 79.9. The van der Waals surface area contributed by atoms with Crippen LogP contribution in [0.4, 0.5) is 0 Å². The van der Waals surface area contributed by atoms with Crippen LogP contribution in [0, 0.1) is 0 Å². The van der Waals surface area contributed by atoms with E-state index in [1.807, 2.05) is 31.2 Å². The first kappa shape index (κ1) is 27.1. The number of benzene rings is 3. The Balaban J connectivity index is 1.70. The Kier molecular flexibility index (Phi) is 10.2. The zero-order valence-corrected chi connectivity index (χ0v) is 22.3. The summed E-state index contributed by atoms with van der Waals surface area (Å²) < 4.78 is 23.5. The van der Waals surface area contributed by atoms with E-state index in [1.54, 1.807) is 36.4 Å². The van der Waals surface area contributed by atoms with Gasteiger partial charge in [-0.2, -0.15) is 5.10 Å². The molecule has 1 N–H and O–H groups in total. The van der Waals surface area contributed by atoms with E-state index in [1.165, 1.54) is 13.3 Å². The quantitative estimate of drug-likeness (QED) is 0.154. The number of hydrogen-bond donors (Lipinski definition) is 1. The standard InChI is InChI=1S/C27H26BrClN2O5/c1-4-12-35-23-11-8-20(15-24(23)33-3)27(32)31-30-16-19-13-22(29)26(25(14-19)34-5-2)36-17-18-6-9-21(28)10-7-18/h4,6-11,13-16H,1,5,12,17H2,2-3H3,(H,31,32)/b30-16+. The average molecular weight is 574 g/mol. The van der Waals surface area contributed by atoms with E-state index >= 15 is 0 Å². The van der Waals surface area contributed by atoms with Crippen LogP contribution >= 0.6 is 27.5 Å². The zero-order chi connectivity index (χ0) is 25.9. The van der Waals surface area contributed by atoms with Crippen LogP contribution in [0.2, 0.25) is 5.02 Å². The van der Waals surface area contributed by atoms with Gasteiger partial charge in [0, 0.05) is 10.0 Å². The lowest BCUT2D eigenvalue weighted by molar-refractivity contribution is 0.0954. The maximum atomic E-state index is 12.5. The summed E-state index contributed by atoms with van der Waals surface area (Å²) in [7, 11) is 1.50. The molecule has 0 unspecified atom stereocenters. The molecule has 0 bridgehead atoms. The molecule has 1 amide bonds. The van der Waals surface area contributed by atoms with Crippen LogP contribution in [0.1, 0.15) is 28.4 Å². The fraction of sp³-hybridized carbons (Fsp3) is 0.185. The predicted octanol–water partition coefficient (Wildman–Crippen LogP) is 6.42. The molecule has 0 atom stereocenters. The second kappa shape index (κ2) is 13.6. The first-order valence-electron chi connectivity index (χ1n) is 11.0. The number of hydrazone groups is 1. The highest BCUT2D eigenvalue weighted by Gasteiger charge is 2.14. The number of ether oxygens (including phenoxy) is 4. The van der Waals surface area contributed by atoms with Crippen LogP contribution in [-0.2, 0) is 6.61 Å². The minimum absolute atomic E-state index is 0.326. The molecule has 36 heavy (non-hydrogen) atoms. The van der Waals surface area contributed by atoms with Crippen molar-refractivity contribution in [3.8, 4) is 23.0 Å². The smallest absolute Gasteiger partial charge is 0.271 e. The summed E-state index contributed by atoms with van der Waals surface area (Å²) in [6, 6.07) is 16.1. The Morgan fingerprint density at radius 3 is 2.53 bits per heavy atom. The molecule has 3 aromatic carbocycles. The molecule has 0 spiro atoms. The molecule has 0 radical (unpaired) electrons. The summed E-state index contributed by atoms with van der Waals surface area (Å²) in [5.74, 6) is 1.45. The van der Waals surface area contributed by atoms with Gasteiger partial charge in [0.2, 0.25) is 0 Å². The van der Waals surface area contributed by atoms with Crippen LogP contribution in [0.5, 0.6) is 23.0 Å². The van der Waals surface area contributed by atoms with Gasteiger partial charge in [-0.25, -0.2) is 5.43 Å². The second-order valence-corrected chi connectivity index (χ2v) is 8.67. The van der Waals surface area contributed by atoms with Crippen LogP contribution in [-0.4, -0.2) is 32.4 Å². The minimum Gasteiger partial charge on any atom is -0.493 e. The highest BCUT2D eigenvalue weighted by Crippen LogP contribution is 2.37. The summed E-state index contributed by atoms with van der Waals surface area (Å²) in [5, 5.41) is 4.42. The maximum Gasteiger partial charge on any atom is 0.271 e. The van der Waals surface area contributed by atoms with Crippen LogP contribution < -0.4 is 24.4 Å². The highest BCUT2D eigenvalue weighted by molar-refractivity contribution is 9.10. The van der Waals surface area contributed by atoms with Gasteiger partial charge in [0.15, 0.2) is 23.0 Å². The van der Waals surface area contributed by atoms with Crippen molar-refractivity contribution in [2.24, 2.45) is 5.10 Å². The van der Waals surface area contributed by atoms with Crippen LogP contribution in [0.3, 0.4) is 0 Å². The summed E-state index contributed by atoms with van der Waals surface area (Å²) in [5.41, 5.74) is 4.48. The summed E-state index contributed by atoms with van der Waals surface area (Å²) in [6.45, 7) is 6.57. The van der Waals surface area contributed by atoms with Crippen molar-refractivity contribution < 1.29 is 23.7 Å². The van der Waals surface area contributed by atoms with E-state index in [4.69, 9.17) is 30.5 Å². The molecule has 0 fully saturated rings. The van der Waals surface area contributed by atoms with E-state index in [0.717, 1.165) is 10.0 Å². The van der Waals surface area contributed by atoms with Gasteiger partial charge in [-0.3, -0.25) is 4.79 Å². The van der Waals surface area contributed by atoms with Gasteiger partial charge in [-0.05, 0) is 60.5 Å². The minimum atomic E-state index is -0.412. The molecule has 0 aliphatic heterocycles. The van der Waals surface area contributed by atoms with Crippen LogP contribution in [0.25, 0.3) is 0 Å². The van der Waals surface area contributed by atoms with Gasteiger partial charge in [0.25, 0.3) is 5.91 Å². The lowest BCUT2D eigenvalue weighted by atomic mass is 10.2. The van der Waals surface area contributed by atoms with Crippen molar-refractivity contribution in [3.05, 3.63) is 93.4 Å². The molecule has 0 heterocycles. The molecule has 0 aliphatic carbocycles. The molecule has 188 valence electrons. The molecule has 0 aliphatic rings. The van der Waals surface area contributed by atoms with Crippen molar-refractivity contribution in [2.75, 3.05) is 20.3 Å². The van der Waals surface area contributed by atoms with Gasteiger partial charge in [-0.1, -0.05) is 52.3 Å². The van der Waals surface area contributed by atoms with Gasteiger partial charge < -0.3 is 18.9 Å². The number of amides is 1. The number of carbonyl (C=O) groups is 1. The van der Waals surface area contributed by atoms with Crippen molar-refractivity contribution in [1.82, 2.24) is 5.43 Å². The lowest BCUT2D eigenvalue weighted by Crippen LogP contribution is -2.17. The Bertz CT molecular complexity index is 1230. The Morgan fingerprint density at radius 1 is 1.06 bits per heavy atom. The third-order valence-corrected chi connectivity index (χ3v) is 5.60. The molecule has 0 saturated heterocycles. The average Bonchev–Trinajstić information content (AvgIpc) is 2.88. The Labute approximate surface area is 223 Å². The number of hydrogen-bond acceptors (Lipinski definition) is 6. The summed E-state index contributed by atoms with van der Waals surface area (Å²) in [4.78, 5) is 12.5. The normalized spacial score (nSPS) is 10.7. The van der Waals surface area contributed by atoms with Gasteiger partial charge in [0.05, 0.1) is 25.0 Å².